The van der Waals surface area contributed by atoms with Gasteiger partial charge in [-0.05, 0) is 23.9 Å². The van der Waals surface area contributed by atoms with E-state index in [1.807, 2.05) is 0 Å². The van der Waals surface area contributed by atoms with Crippen molar-refractivity contribution in [1.82, 2.24) is 14.8 Å². The Morgan fingerprint density at radius 1 is 1.53 bits per heavy atom. The summed E-state index contributed by atoms with van der Waals surface area (Å²) in [5.74, 6) is -1.14. The molecule has 0 aliphatic carbocycles. The van der Waals surface area contributed by atoms with E-state index in [1.165, 1.54) is 19.5 Å². The summed E-state index contributed by atoms with van der Waals surface area (Å²) < 4.78 is 20.0. The average molecular weight is 282 g/mol. The normalized spacial score (nSPS) is 10.5. The van der Waals surface area contributed by atoms with Crippen molar-refractivity contribution in [3.8, 4) is 0 Å². The molecule has 2 aromatic rings. The third-order valence-corrected chi connectivity index (χ3v) is 3.47. The molecule has 0 radical (unpaired) electrons. The summed E-state index contributed by atoms with van der Waals surface area (Å²) in [5, 5.41) is 8.02. The molecule has 1 aromatic carbocycles. The molecule has 1 heterocycles. The number of rotatable bonds is 3. The first-order valence-electron chi connectivity index (χ1n) is 5.22. The molecule has 0 saturated carbocycles. The summed E-state index contributed by atoms with van der Waals surface area (Å²) in [6.07, 6.45) is 1.50. The van der Waals surface area contributed by atoms with Gasteiger partial charge in [0, 0.05) is 12.7 Å². The molecule has 0 spiro atoms. The molecule has 8 heteroatoms. The number of methoxy groups -OCH3 is 1. The van der Waals surface area contributed by atoms with Crippen LogP contribution in [-0.2, 0) is 11.8 Å². The number of benzene rings is 1. The number of carbonyl (C=O) groups excluding carboxylic acids is 1. The molecule has 0 atom stereocenters. The maximum Gasteiger partial charge on any atom is 0.339 e. The van der Waals surface area contributed by atoms with Crippen LogP contribution in [0.1, 0.15) is 10.4 Å². The number of esters is 1. The van der Waals surface area contributed by atoms with Gasteiger partial charge in [-0.3, -0.25) is 0 Å². The third-order valence-electron chi connectivity index (χ3n) is 2.38. The number of nitrogens with two attached hydrogens (primary N) is 1. The summed E-state index contributed by atoms with van der Waals surface area (Å²) >= 11 is 1.05. The first-order chi connectivity index (χ1) is 9.02. The van der Waals surface area contributed by atoms with Crippen molar-refractivity contribution >= 4 is 23.4 Å². The molecular formula is C11H11FN4O2S. The molecular weight excluding hydrogens is 271 g/mol. The Kier molecular flexibility index (Phi) is 3.70. The fourth-order valence-corrected chi connectivity index (χ4v) is 2.21. The van der Waals surface area contributed by atoms with Crippen molar-refractivity contribution in [1.29, 1.82) is 0 Å². The molecule has 19 heavy (non-hydrogen) atoms. The number of nitrogen functional groups attached to an aromatic ring is 1. The van der Waals surface area contributed by atoms with Gasteiger partial charge in [0.25, 0.3) is 0 Å². The number of aryl methyl sites for hydroxylation is 1. The van der Waals surface area contributed by atoms with Crippen LogP contribution in [0.3, 0.4) is 0 Å². The number of nitrogens with zero attached hydrogens (tertiary/aromatic N) is 3. The fraction of sp³-hybridized carbons (Fsp3) is 0.182. The van der Waals surface area contributed by atoms with Gasteiger partial charge in [-0.25, -0.2) is 9.18 Å². The molecule has 0 bridgehead atoms. The predicted molar refractivity (Wildman–Crippen MR) is 67.3 cm³/mol. The maximum absolute atomic E-state index is 13.8. The summed E-state index contributed by atoms with van der Waals surface area (Å²) in [7, 11) is 2.97. The lowest BCUT2D eigenvalue weighted by Crippen LogP contribution is -2.06. The first-order valence-corrected chi connectivity index (χ1v) is 6.03. The molecule has 100 valence electrons. The van der Waals surface area contributed by atoms with Crippen LogP contribution in [0.5, 0.6) is 0 Å². The Bertz CT molecular complexity index is 629. The Hall–Kier alpha value is -2.09. The van der Waals surface area contributed by atoms with E-state index >= 15 is 0 Å². The standard InChI is InChI=1S/C11H11FN4O2S/c1-16-5-14-15-11(16)19-9-3-6(10(17)18-2)8(13)4-7(9)12/h3-5H,13H2,1-2H3. The number of anilines is 1. The second-order valence-corrected chi connectivity index (χ2v) is 4.70. The molecule has 1 aromatic heterocycles. The van der Waals surface area contributed by atoms with Gasteiger partial charge < -0.3 is 15.0 Å². The quantitative estimate of drug-likeness (QED) is 0.678. The highest BCUT2D eigenvalue weighted by atomic mass is 32.2. The Morgan fingerprint density at radius 3 is 2.84 bits per heavy atom. The lowest BCUT2D eigenvalue weighted by molar-refractivity contribution is 0.0601. The number of halogens is 1. The molecule has 0 unspecified atom stereocenters. The molecule has 0 aliphatic rings. The average Bonchev–Trinajstić information content (AvgIpc) is 2.77. The second-order valence-electron chi connectivity index (χ2n) is 3.69. The van der Waals surface area contributed by atoms with E-state index in [0.717, 1.165) is 17.8 Å². The van der Waals surface area contributed by atoms with Gasteiger partial charge in [0.2, 0.25) is 0 Å². The molecule has 0 saturated heterocycles. The predicted octanol–water partition coefficient (Wildman–Crippen LogP) is 1.47. The van der Waals surface area contributed by atoms with E-state index in [1.54, 1.807) is 11.6 Å². The molecule has 6 nitrogen and oxygen atoms in total. The maximum atomic E-state index is 13.8. The highest BCUT2D eigenvalue weighted by Crippen LogP contribution is 2.31. The lowest BCUT2D eigenvalue weighted by atomic mass is 10.2. The number of ether oxygens (including phenoxy) is 1. The van der Waals surface area contributed by atoms with Crippen molar-refractivity contribution < 1.29 is 13.9 Å². The Balaban J connectivity index is 2.40. The zero-order valence-electron chi connectivity index (χ0n) is 10.3. The molecule has 2 rings (SSSR count). The SMILES string of the molecule is COC(=O)c1cc(Sc2nncn2C)c(F)cc1N. The van der Waals surface area contributed by atoms with Gasteiger partial charge >= 0.3 is 5.97 Å². The van der Waals surface area contributed by atoms with E-state index in [2.05, 4.69) is 14.9 Å². The van der Waals surface area contributed by atoms with Crippen molar-refractivity contribution in [2.24, 2.45) is 7.05 Å². The van der Waals surface area contributed by atoms with E-state index in [0.29, 0.717) is 5.16 Å². The summed E-state index contributed by atoms with van der Waals surface area (Å²) in [6, 6.07) is 2.43. The van der Waals surface area contributed by atoms with E-state index in [4.69, 9.17) is 5.73 Å². The van der Waals surface area contributed by atoms with Gasteiger partial charge in [-0.1, -0.05) is 0 Å². The molecule has 0 aliphatic heterocycles. The van der Waals surface area contributed by atoms with Gasteiger partial charge in [-0.2, -0.15) is 0 Å². The fourth-order valence-electron chi connectivity index (χ4n) is 1.40. The van der Waals surface area contributed by atoms with Crippen LogP contribution in [0.2, 0.25) is 0 Å². The van der Waals surface area contributed by atoms with Crippen molar-refractivity contribution in [2.45, 2.75) is 10.1 Å². The van der Waals surface area contributed by atoms with Gasteiger partial charge in [0.15, 0.2) is 5.16 Å². The van der Waals surface area contributed by atoms with Gasteiger partial charge in [0.05, 0.1) is 17.6 Å². The van der Waals surface area contributed by atoms with E-state index in [9.17, 15) is 9.18 Å². The highest BCUT2D eigenvalue weighted by molar-refractivity contribution is 7.99. The van der Waals surface area contributed by atoms with Crippen molar-refractivity contribution in [2.75, 3.05) is 12.8 Å². The topological polar surface area (TPSA) is 83.0 Å². The van der Waals surface area contributed by atoms with Crippen molar-refractivity contribution in [3.63, 3.8) is 0 Å². The smallest absolute Gasteiger partial charge is 0.339 e. The van der Waals surface area contributed by atoms with Crippen LogP contribution in [-0.4, -0.2) is 27.8 Å². The lowest BCUT2D eigenvalue weighted by Gasteiger charge is -2.08. The highest BCUT2D eigenvalue weighted by Gasteiger charge is 2.16. The Morgan fingerprint density at radius 2 is 2.26 bits per heavy atom. The summed E-state index contributed by atoms with van der Waals surface area (Å²) in [5.41, 5.74) is 5.74. The number of hydrogen-bond donors (Lipinski definition) is 1. The third kappa shape index (κ3) is 2.68. The monoisotopic (exact) mass is 282 g/mol. The van der Waals surface area contributed by atoms with Crippen molar-refractivity contribution in [3.05, 3.63) is 29.8 Å². The van der Waals surface area contributed by atoms with Gasteiger partial charge in [0.1, 0.15) is 12.1 Å². The second kappa shape index (κ2) is 5.27. The minimum atomic E-state index is -0.614. The number of aromatic nitrogens is 3. The largest absolute Gasteiger partial charge is 0.465 e. The Labute approximate surface area is 112 Å². The van der Waals surface area contributed by atoms with Crippen LogP contribution >= 0.6 is 11.8 Å². The van der Waals surface area contributed by atoms with Crippen LogP contribution in [0, 0.1) is 5.82 Å². The number of hydrogen-bond acceptors (Lipinski definition) is 6. The number of carbonyl (C=O) groups is 1. The van der Waals surface area contributed by atoms with E-state index < -0.39 is 11.8 Å². The van der Waals surface area contributed by atoms with Gasteiger partial charge in [-0.15, -0.1) is 10.2 Å². The minimum absolute atomic E-state index is 0.0339. The molecule has 0 fully saturated rings. The zero-order chi connectivity index (χ0) is 14.0. The van der Waals surface area contributed by atoms with Crippen LogP contribution in [0.15, 0.2) is 28.5 Å². The van der Waals surface area contributed by atoms with Crippen LogP contribution in [0.4, 0.5) is 10.1 Å². The zero-order valence-corrected chi connectivity index (χ0v) is 11.1. The summed E-state index contributed by atoms with van der Waals surface area (Å²) in [4.78, 5) is 11.7. The van der Waals surface area contributed by atoms with Crippen LogP contribution in [0.25, 0.3) is 0 Å². The van der Waals surface area contributed by atoms with E-state index in [-0.39, 0.29) is 16.1 Å². The van der Waals surface area contributed by atoms with Crippen LogP contribution < -0.4 is 5.73 Å². The molecule has 0 amide bonds. The molecule has 2 N–H and O–H groups in total. The first kappa shape index (κ1) is 13.3. The minimum Gasteiger partial charge on any atom is -0.465 e. The summed E-state index contributed by atoms with van der Waals surface area (Å²) in [6.45, 7) is 0.